The van der Waals surface area contributed by atoms with Crippen LogP contribution < -0.4 is 5.32 Å². The third-order valence-electron chi connectivity index (χ3n) is 5.10. The number of nitrogens with zero attached hydrogens (tertiary/aromatic N) is 2. The van der Waals surface area contributed by atoms with Crippen molar-refractivity contribution in [1.29, 1.82) is 0 Å². The van der Waals surface area contributed by atoms with Gasteiger partial charge < -0.3 is 10.2 Å². The molecule has 1 atom stereocenters. The van der Waals surface area contributed by atoms with E-state index in [1.54, 1.807) is 18.3 Å². The largest absolute Gasteiger partial charge is 0.399 e. The number of benzene rings is 2. The van der Waals surface area contributed by atoms with Crippen molar-refractivity contribution in [2.24, 2.45) is 11.1 Å². The van der Waals surface area contributed by atoms with Crippen LogP contribution >= 0.6 is 0 Å². The topological polar surface area (TPSA) is 53.9 Å². The van der Waals surface area contributed by atoms with Gasteiger partial charge in [-0.15, -0.1) is 0 Å². The minimum absolute atomic E-state index is 0.0818. The predicted molar refractivity (Wildman–Crippen MR) is 112 cm³/mol. The van der Waals surface area contributed by atoms with Crippen molar-refractivity contribution in [3.05, 3.63) is 70.8 Å². The van der Waals surface area contributed by atoms with Crippen molar-refractivity contribution in [3.8, 4) is 0 Å². The summed E-state index contributed by atoms with van der Waals surface area (Å²) >= 11 is 0. The van der Waals surface area contributed by atoms with Crippen LogP contribution in [0.15, 0.2) is 53.7 Å². The van der Waals surface area contributed by atoms with Gasteiger partial charge in [-0.05, 0) is 54.1 Å². The molecule has 0 aliphatic carbocycles. The lowest BCUT2D eigenvalue weighted by molar-refractivity contribution is 0.0951. The average Bonchev–Trinajstić information content (AvgIpc) is 2.72. The Morgan fingerprint density at radius 3 is 2.57 bits per heavy atom. The molecule has 1 unspecified atom stereocenters. The summed E-state index contributed by atoms with van der Waals surface area (Å²) in [6, 6.07) is 15.8. The molecule has 5 heteroatoms. The summed E-state index contributed by atoms with van der Waals surface area (Å²) in [5, 5.41) is 6.69. The lowest BCUT2D eigenvalue weighted by atomic mass is 9.99. The first-order valence-electron chi connectivity index (χ1n) is 9.89. The van der Waals surface area contributed by atoms with Gasteiger partial charge in [-0.3, -0.25) is 9.69 Å². The Morgan fingerprint density at radius 1 is 1.18 bits per heavy atom. The van der Waals surface area contributed by atoms with Crippen molar-refractivity contribution in [1.82, 2.24) is 10.2 Å². The van der Waals surface area contributed by atoms with Crippen molar-refractivity contribution >= 4 is 12.1 Å². The van der Waals surface area contributed by atoms with E-state index in [1.807, 2.05) is 12.1 Å². The molecule has 1 aliphatic heterocycles. The second-order valence-electron chi connectivity index (χ2n) is 7.52. The molecule has 3 rings (SSSR count). The van der Waals surface area contributed by atoms with Crippen LogP contribution in [-0.2, 0) is 17.9 Å². The van der Waals surface area contributed by atoms with Gasteiger partial charge in [0.2, 0.25) is 0 Å². The minimum atomic E-state index is -0.0818. The summed E-state index contributed by atoms with van der Waals surface area (Å²) in [6.07, 6.45) is 4.25. The molecular weight excluding hydrogens is 350 g/mol. The Labute approximate surface area is 167 Å². The van der Waals surface area contributed by atoms with E-state index in [9.17, 15) is 4.79 Å². The molecule has 2 aromatic carbocycles. The SMILES string of the molecule is CO/N=C/c1ccc(C(=O)NCc2ccc(CN3CCCC(C)C3)cc2)cc1. The fraction of sp³-hybridized carbons (Fsp3) is 0.391. The van der Waals surface area contributed by atoms with Crippen LogP contribution in [0.1, 0.15) is 46.8 Å². The molecule has 0 aromatic heterocycles. The fourth-order valence-electron chi connectivity index (χ4n) is 3.57. The molecule has 1 N–H and O–H groups in total. The van der Waals surface area contributed by atoms with E-state index in [0.29, 0.717) is 12.1 Å². The Morgan fingerprint density at radius 2 is 1.89 bits per heavy atom. The number of nitrogens with one attached hydrogen (secondary N) is 1. The maximum Gasteiger partial charge on any atom is 0.251 e. The lowest BCUT2D eigenvalue weighted by Gasteiger charge is -2.30. The Bertz CT molecular complexity index is 784. The number of likely N-dealkylation sites (tertiary alicyclic amines) is 1. The van der Waals surface area contributed by atoms with Gasteiger partial charge in [0.05, 0.1) is 6.21 Å². The first-order chi connectivity index (χ1) is 13.6. The summed E-state index contributed by atoms with van der Waals surface area (Å²) in [5.41, 5.74) is 3.95. The maximum atomic E-state index is 12.3. The van der Waals surface area contributed by atoms with E-state index in [0.717, 1.165) is 23.6 Å². The van der Waals surface area contributed by atoms with E-state index >= 15 is 0 Å². The third-order valence-corrected chi connectivity index (χ3v) is 5.10. The van der Waals surface area contributed by atoms with Crippen LogP contribution in [0.25, 0.3) is 0 Å². The van der Waals surface area contributed by atoms with Gasteiger partial charge in [-0.1, -0.05) is 48.5 Å². The molecule has 0 bridgehead atoms. The van der Waals surface area contributed by atoms with Gasteiger partial charge in [0.1, 0.15) is 7.11 Å². The van der Waals surface area contributed by atoms with Crippen molar-refractivity contribution in [2.75, 3.05) is 20.2 Å². The molecule has 1 fully saturated rings. The van der Waals surface area contributed by atoms with Crippen molar-refractivity contribution in [2.45, 2.75) is 32.9 Å². The highest BCUT2D eigenvalue weighted by Crippen LogP contribution is 2.18. The monoisotopic (exact) mass is 379 g/mol. The lowest BCUT2D eigenvalue weighted by Crippen LogP contribution is -2.33. The summed E-state index contributed by atoms with van der Waals surface area (Å²) in [5.74, 6) is 0.714. The van der Waals surface area contributed by atoms with Crippen LogP contribution in [0.3, 0.4) is 0 Å². The highest BCUT2D eigenvalue weighted by molar-refractivity contribution is 5.94. The molecule has 0 radical (unpaired) electrons. The average molecular weight is 380 g/mol. The zero-order valence-corrected chi connectivity index (χ0v) is 16.7. The smallest absolute Gasteiger partial charge is 0.251 e. The first-order valence-corrected chi connectivity index (χ1v) is 9.89. The van der Waals surface area contributed by atoms with Gasteiger partial charge in [0, 0.05) is 25.2 Å². The molecule has 1 aliphatic rings. The number of rotatable bonds is 7. The van der Waals surface area contributed by atoms with Gasteiger partial charge in [-0.2, -0.15) is 0 Å². The zero-order valence-electron chi connectivity index (χ0n) is 16.7. The second-order valence-corrected chi connectivity index (χ2v) is 7.52. The van der Waals surface area contributed by atoms with Gasteiger partial charge in [0.15, 0.2) is 0 Å². The Kier molecular flexibility index (Phi) is 7.20. The minimum Gasteiger partial charge on any atom is -0.399 e. The van der Waals surface area contributed by atoms with Crippen LogP contribution in [0.4, 0.5) is 0 Å². The second kappa shape index (κ2) is 10.0. The number of piperidine rings is 1. The number of carbonyl (C=O) groups is 1. The zero-order chi connectivity index (χ0) is 19.8. The van der Waals surface area contributed by atoms with E-state index in [-0.39, 0.29) is 5.91 Å². The molecular formula is C23H29N3O2. The number of hydrogen-bond donors (Lipinski definition) is 1. The first kappa shape index (κ1) is 20.1. The van der Waals surface area contributed by atoms with Crippen molar-refractivity contribution in [3.63, 3.8) is 0 Å². The van der Waals surface area contributed by atoms with E-state index in [4.69, 9.17) is 0 Å². The predicted octanol–water partition coefficient (Wildman–Crippen LogP) is 3.83. The molecule has 1 heterocycles. The van der Waals surface area contributed by atoms with Crippen molar-refractivity contribution < 1.29 is 9.63 Å². The number of amides is 1. The molecule has 0 spiro atoms. The van der Waals surface area contributed by atoms with Crippen LogP contribution in [0, 0.1) is 5.92 Å². The summed E-state index contributed by atoms with van der Waals surface area (Å²) < 4.78 is 0. The Hall–Kier alpha value is -2.66. The van der Waals surface area contributed by atoms with Gasteiger partial charge in [-0.25, -0.2) is 0 Å². The summed E-state index contributed by atoms with van der Waals surface area (Å²) in [6.45, 7) is 6.24. The van der Waals surface area contributed by atoms with Crippen LogP contribution in [0.5, 0.6) is 0 Å². The van der Waals surface area contributed by atoms with Gasteiger partial charge in [0.25, 0.3) is 5.91 Å². The maximum absolute atomic E-state index is 12.3. The number of oxime groups is 1. The molecule has 0 saturated carbocycles. The normalized spacial score (nSPS) is 17.6. The third kappa shape index (κ3) is 5.92. The Balaban J connectivity index is 1.48. The molecule has 148 valence electrons. The van der Waals surface area contributed by atoms with Crippen LogP contribution in [-0.4, -0.2) is 37.2 Å². The highest BCUT2D eigenvalue weighted by Gasteiger charge is 2.16. The molecule has 2 aromatic rings. The highest BCUT2D eigenvalue weighted by atomic mass is 16.6. The summed E-state index contributed by atoms with van der Waals surface area (Å²) in [7, 11) is 1.50. The fourth-order valence-corrected chi connectivity index (χ4v) is 3.57. The number of hydrogen-bond acceptors (Lipinski definition) is 4. The quantitative estimate of drug-likeness (QED) is 0.588. The standard InChI is InChI=1S/C23H29N3O2/c1-18-4-3-13-26(16-18)17-21-7-5-19(6-8-21)14-24-23(27)22-11-9-20(10-12-22)15-25-28-2/h5-12,15,18H,3-4,13-14,16-17H2,1-2H3,(H,24,27)/b25-15+. The van der Waals surface area contributed by atoms with E-state index < -0.39 is 0 Å². The van der Waals surface area contributed by atoms with Gasteiger partial charge >= 0.3 is 0 Å². The number of carbonyl (C=O) groups excluding carboxylic acids is 1. The van der Waals surface area contributed by atoms with Crippen LogP contribution in [0.2, 0.25) is 0 Å². The molecule has 1 amide bonds. The molecule has 5 nitrogen and oxygen atoms in total. The molecule has 1 saturated heterocycles. The van der Waals surface area contributed by atoms with E-state index in [2.05, 4.69) is 51.4 Å². The molecule has 28 heavy (non-hydrogen) atoms. The van der Waals surface area contributed by atoms with E-state index in [1.165, 1.54) is 38.6 Å². The summed E-state index contributed by atoms with van der Waals surface area (Å²) in [4.78, 5) is 19.5.